The van der Waals surface area contributed by atoms with Gasteiger partial charge in [0.05, 0.1) is 12.6 Å². The normalized spacial score (nSPS) is 10.6. The third-order valence-corrected chi connectivity index (χ3v) is 4.91. The molecule has 0 amide bonds. The summed E-state index contributed by atoms with van der Waals surface area (Å²) in [5.74, 6) is 0.718. The molecular weight excluding hydrogens is 358 g/mol. The molecule has 0 radical (unpaired) electrons. The van der Waals surface area contributed by atoms with Gasteiger partial charge in [0.15, 0.2) is 5.11 Å². The van der Waals surface area contributed by atoms with E-state index < -0.39 is 0 Å². The van der Waals surface area contributed by atoms with Gasteiger partial charge in [-0.2, -0.15) is 0 Å². The summed E-state index contributed by atoms with van der Waals surface area (Å²) in [5.41, 5.74) is 4.76. The second kappa shape index (κ2) is 8.22. The molecular formula is C21H23N3O2S. The Morgan fingerprint density at radius 2 is 2.00 bits per heavy atom. The van der Waals surface area contributed by atoms with Crippen molar-refractivity contribution >= 4 is 33.9 Å². The third-order valence-electron chi connectivity index (χ3n) is 4.66. The fraction of sp³-hybridized carbons (Fsp3) is 0.238. The van der Waals surface area contributed by atoms with Gasteiger partial charge in [-0.05, 0) is 73.3 Å². The highest BCUT2D eigenvalue weighted by Gasteiger charge is 2.06. The number of benzene rings is 2. The van der Waals surface area contributed by atoms with Crippen LogP contribution in [0.15, 0.2) is 47.3 Å². The molecule has 0 unspecified atom stereocenters. The first-order valence-corrected chi connectivity index (χ1v) is 9.20. The zero-order valence-electron chi connectivity index (χ0n) is 15.7. The summed E-state index contributed by atoms with van der Waals surface area (Å²) in [7, 11) is 1.61. The van der Waals surface area contributed by atoms with Gasteiger partial charge in [-0.1, -0.05) is 12.1 Å². The van der Waals surface area contributed by atoms with Crippen molar-refractivity contribution in [2.75, 3.05) is 19.0 Å². The third kappa shape index (κ3) is 4.46. The minimum absolute atomic E-state index is 0.0917. The van der Waals surface area contributed by atoms with E-state index in [1.54, 1.807) is 7.11 Å². The number of aromatic amines is 1. The largest absolute Gasteiger partial charge is 0.497 e. The number of pyridine rings is 1. The Balaban J connectivity index is 1.63. The van der Waals surface area contributed by atoms with Crippen LogP contribution >= 0.6 is 12.2 Å². The number of hydrogen-bond acceptors (Lipinski definition) is 3. The zero-order valence-corrected chi connectivity index (χ0v) is 16.5. The number of H-pyrrole nitrogens is 1. The summed E-state index contributed by atoms with van der Waals surface area (Å²) >= 11 is 5.37. The van der Waals surface area contributed by atoms with Crippen molar-refractivity contribution in [2.45, 2.75) is 20.3 Å². The van der Waals surface area contributed by atoms with Gasteiger partial charge in [-0.15, -0.1) is 0 Å². The summed E-state index contributed by atoms with van der Waals surface area (Å²) in [5, 5.41) is 7.90. The zero-order chi connectivity index (χ0) is 19.4. The monoisotopic (exact) mass is 381 g/mol. The van der Waals surface area contributed by atoms with Crippen molar-refractivity contribution in [3.05, 3.63) is 69.5 Å². The van der Waals surface area contributed by atoms with Gasteiger partial charge in [0.1, 0.15) is 5.75 Å². The van der Waals surface area contributed by atoms with Gasteiger partial charge in [-0.3, -0.25) is 4.79 Å². The molecule has 3 aromatic rings. The molecule has 0 aliphatic rings. The number of nitrogens with one attached hydrogen (secondary N) is 3. The maximum Gasteiger partial charge on any atom is 0.251 e. The fourth-order valence-electron chi connectivity index (χ4n) is 2.90. The number of aromatic nitrogens is 1. The molecule has 1 aromatic heterocycles. The van der Waals surface area contributed by atoms with E-state index in [2.05, 4.69) is 35.5 Å². The van der Waals surface area contributed by atoms with Crippen LogP contribution in [0.3, 0.4) is 0 Å². The van der Waals surface area contributed by atoms with Gasteiger partial charge in [0, 0.05) is 23.9 Å². The first-order valence-electron chi connectivity index (χ1n) is 8.79. The minimum atomic E-state index is -0.0917. The number of anilines is 1. The van der Waals surface area contributed by atoms with Gasteiger partial charge >= 0.3 is 0 Å². The average Bonchev–Trinajstić information content (AvgIpc) is 2.65. The van der Waals surface area contributed by atoms with Crippen LogP contribution in [0.25, 0.3) is 10.9 Å². The van der Waals surface area contributed by atoms with E-state index in [4.69, 9.17) is 17.0 Å². The highest BCUT2D eigenvalue weighted by Crippen LogP contribution is 2.19. The highest BCUT2D eigenvalue weighted by molar-refractivity contribution is 7.80. The van der Waals surface area contributed by atoms with Crippen LogP contribution in [0.4, 0.5) is 5.69 Å². The molecule has 27 heavy (non-hydrogen) atoms. The standard InChI is InChI=1S/C21H23N3O2S/c1-13-5-4-6-18(14(13)2)24-21(27)22-10-9-16-11-15-7-8-17(26-3)12-19(15)23-20(16)25/h4-8,11-12H,9-10H2,1-3H3,(H,23,25)(H2,22,24,27). The van der Waals surface area contributed by atoms with Gasteiger partial charge in [0.25, 0.3) is 5.56 Å². The Kier molecular flexibility index (Phi) is 5.76. The van der Waals surface area contributed by atoms with E-state index in [0.717, 1.165) is 27.9 Å². The predicted octanol–water partition coefficient (Wildman–Crippen LogP) is 3.68. The predicted molar refractivity (Wildman–Crippen MR) is 115 cm³/mol. The Bertz CT molecular complexity index is 1040. The van der Waals surface area contributed by atoms with Crippen molar-refractivity contribution < 1.29 is 4.74 Å². The Morgan fingerprint density at radius 3 is 2.78 bits per heavy atom. The summed E-state index contributed by atoms with van der Waals surface area (Å²) < 4.78 is 5.19. The van der Waals surface area contributed by atoms with Gasteiger partial charge in [0.2, 0.25) is 0 Å². The first-order chi connectivity index (χ1) is 13.0. The lowest BCUT2D eigenvalue weighted by molar-refractivity contribution is 0.415. The van der Waals surface area contributed by atoms with Crippen LogP contribution in [0.5, 0.6) is 5.75 Å². The molecule has 0 aliphatic carbocycles. The summed E-state index contributed by atoms with van der Waals surface area (Å²) in [6.07, 6.45) is 0.575. The van der Waals surface area contributed by atoms with Crippen molar-refractivity contribution in [1.82, 2.24) is 10.3 Å². The van der Waals surface area contributed by atoms with Crippen LogP contribution in [0.2, 0.25) is 0 Å². The van der Waals surface area contributed by atoms with E-state index in [1.165, 1.54) is 11.1 Å². The fourth-order valence-corrected chi connectivity index (χ4v) is 3.11. The van der Waals surface area contributed by atoms with Gasteiger partial charge < -0.3 is 20.4 Å². The highest BCUT2D eigenvalue weighted by atomic mass is 32.1. The topological polar surface area (TPSA) is 66.2 Å². The molecule has 6 heteroatoms. The van der Waals surface area contributed by atoms with E-state index in [9.17, 15) is 4.79 Å². The molecule has 0 aliphatic heterocycles. The lowest BCUT2D eigenvalue weighted by Gasteiger charge is -2.13. The van der Waals surface area contributed by atoms with E-state index in [1.807, 2.05) is 36.4 Å². The SMILES string of the molecule is COc1ccc2cc(CCNC(=S)Nc3cccc(C)c3C)c(=O)[nH]c2c1. The molecule has 0 saturated carbocycles. The average molecular weight is 382 g/mol. The number of thiocarbonyl (C=S) groups is 1. The lowest BCUT2D eigenvalue weighted by atomic mass is 10.1. The van der Waals surface area contributed by atoms with Crippen molar-refractivity contribution in [2.24, 2.45) is 0 Å². The Hall–Kier alpha value is -2.86. The second-order valence-corrected chi connectivity index (χ2v) is 6.86. The van der Waals surface area contributed by atoms with Crippen LogP contribution in [-0.4, -0.2) is 23.8 Å². The van der Waals surface area contributed by atoms with Crippen LogP contribution in [0.1, 0.15) is 16.7 Å². The minimum Gasteiger partial charge on any atom is -0.497 e. The van der Waals surface area contributed by atoms with Gasteiger partial charge in [-0.25, -0.2) is 0 Å². The molecule has 0 bridgehead atoms. The molecule has 3 N–H and O–H groups in total. The number of fused-ring (bicyclic) bond motifs is 1. The van der Waals surface area contributed by atoms with Crippen LogP contribution < -0.4 is 20.9 Å². The molecule has 1 heterocycles. The number of ether oxygens (including phenoxy) is 1. The number of rotatable bonds is 5. The van der Waals surface area contributed by atoms with Crippen LogP contribution in [-0.2, 0) is 6.42 Å². The van der Waals surface area contributed by atoms with Crippen molar-refractivity contribution in [1.29, 1.82) is 0 Å². The maximum atomic E-state index is 12.3. The quantitative estimate of drug-likeness (QED) is 0.589. The Morgan fingerprint density at radius 1 is 1.19 bits per heavy atom. The number of methoxy groups -OCH3 is 1. The first kappa shape index (κ1) is 18.9. The van der Waals surface area contributed by atoms with E-state index >= 15 is 0 Å². The summed E-state index contributed by atoms with van der Waals surface area (Å²) in [4.78, 5) is 15.2. The van der Waals surface area contributed by atoms with E-state index in [-0.39, 0.29) is 5.56 Å². The molecule has 5 nitrogen and oxygen atoms in total. The summed E-state index contributed by atoms with van der Waals surface area (Å²) in [6, 6.07) is 13.6. The molecule has 0 spiro atoms. The lowest BCUT2D eigenvalue weighted by Crippen LogP contribution is -2.31. The molecule has 0 saturated heterocycles. The molecule has 2 aromatic carbocycles. The van der Waals surface area contributed by atoms with Crippen molar-refractivity contribution in [3.63, 3.8) is 0 Å². The number of aryl methyl sites for hydroxylation is 1. The second-order valence-electron chi connectivity index (χ2n) is 6.46. The molecule has 0 fully saturated rings. The smallest absolute Gasteiger partial charge is 0.251 e. The molecule has 0 atom stereocenters. The van der Waals surface area contributed by atoms with Crippen LogP contribution in [0, 0.1) is 13.8 Å². The van der Waals surface area contributed by atoms with E-state index in [0.29, 0.717) is 18.1 Å². The molecule has 3 rings (SSSR count). The number of hydrogen-bond donors (Lipinski definition) is 3. The molecule has 140 valence electrons. The maximum absolute atomic E-state index is 12.3. The summed E-state index contributed by atoms with van der Waals surface area (Å²) in [6.45, 7) is 4.70. The Labute approximate surface area is 163 Å². The van der Waals surface area contributed by atoms with Crippen molar-refractivity contribution in [3.8, 4) is 5.75 Å².